The molecule has 2 aliphatic carbocycles. The molecular formula is C41H36Zr. The van der Waals surface area contributed by atoms with Gasteiger partial charge in [0.25, 0.3) is 0 Å². The molecule has 0 radical (unpaired) electrons. The minimum atomic E-state index is -2.82. The van der Waals surface area contributed by atoms with Gasteiger partial charge in [0.05, 0.1) is 0 Å². The number of benzene rings is 5. The van der Waals surface area contributed by atoms with Crippen LogP contribution in [0.2, 0.25) is 0 Å². The number of rotatable bonds is 5. The number of hydrogen-bond acceptors (Lipinski definition) is 0. The van der Waals surface area contributed by atoms with Crippen molar-refractivity contribution >= 4 is 8.78 Å². The summed E-state index contributed by atoms with van der Waals surface area (Å²) >= 11 is -2.82. The first kappa shape index (κ1) is 27.2. The van der Waals surface area contributed by atoms with Gasteiger partial charge in [-0.25, -0.2) is 0 Å². The van der Waals surface area contributed by atoms with Gasteiger partial charge in [0.2, 0.25) is 0 Å². The first-order chi connectivity index (χ1) is 20.5. The summed E-state index contributed by atoms with van der Waals surface area (Å²) in [5, 5.41) is 0. The normalized spacial score (nSPS) is 14.2. The Kier molecular flexibility index (Phi) is 7.25. The van der Waals surface area contributed by atoms with Crippen LogP contribution in [0.4, 0.5) is 0 Å². The molecule has 0 heterocycles. The van der Waals surface area contributed by atoms with E-state index < -0.39 is 21.3 Å². The molecule has 0 fully saturated rings. The van der Waals surface area contributed by atoms with Crippen molar-refractivity contribution in [1.82, 2.24) is 0 Å². The van der Waals surface area contributed by atoms with Crippen molar-refractivity contribution < 1.29 is 21.3 Å². The maximum absolute atomic E-state index is 2.82. The zero-order chi connectivity index (χ0) is 28.7. The molecule has 0 bridgehead atoms. The van der Waals surface area contributed by atoms with Crippen LogP contribution in [-0.4, -0.2) is 3.21 Å². The van der Waals surface area contributed by atoms with Crippen LogP contribution in [0.5, 0.6) is 0 Å². The molecule has 0 spiro atoms. The predicted octanol–water partition coefficient (Wildman–Crippen LogP) is 10.3. The van der Waals surface area contributed by atoms with Crippen LogP contribution in [0.15, 0.2) is 149 Å². The molecule has 0 unspecified atom stereocenters. The minimum absolute atomic E-state index is 0.0621. The summed E-state index contributed by atoms with van der Waals surface area (Å²) in [6.45, 7) is 7.04. The third kappa shape index (κ3) is 4.79. The van der Waals surface area contributed by atoms with E-state index >= 15 is 0 Å². The van der Waals surface area contributed by atoms with E-state index in [1.807, 2.05) is 0 Å². The summed E-state index contributed by atoms with van der Waals surface area (Å²) in [5.41, 5.74) is 13.0. The molecule has 5 aromatic rings. The number of hydrogen-bond donors (Lipinski definition) is 0. The van der Waals surface area contributed by atoms with E-state index in [0.29, 0.717) is 3.63 Å². The Bertz CT molecular complexity index is 1780. The molecule has 2 aliphatic rings. The Labute approximate surface area is 258 Å². The average molecular weight is 620 g/mol. The Balaban J connectivity index is 1.63. The summed E-state index contributed by atoms with van der Waals surface area (Å²) in [6.07, 6.45) is 5.92. The Morgan fingerprint density at radius 3 is 1.60 bits per heavy atom. The van der Waals surface area contributed by atoms with E-state index in [-0.39, 0.29) is 5.41 Å². The monoisotopic (exact) mass is 618 g/mol. The van der Waals surface area contributed by atoms with Crippen LogP contribution < -0.4 is 0 Å². The Hall–Kier alpha value is -3.67. The summed E-state index contributed by atoms with van der Waals surface area (Å²) < 4.78 is 3.70. The third-order valence-corrected chi connectivity index (χ3v) is 17.3. The van der Waals surface area contributed by atoms with Crippen LogP contribution in [0, 0.1) is 0 Å². The van der Waals surface area contributed by atoms with Gasteiger partial charge < -0.3 is 0 Å². The Morgan fingerprint density at radius 2 is 1.05 bits per heavy atom. The fraction of sp³-hybridized carbons (Fsp3) is 0.146. The van der Waals surface area contributed by atoms with Crippen LogP contribution in [-0.2, 0) is 26.7 Å². The van der Waals surface area contributed by atoms with E-state index in [1.54, 1.807) is 6.49 Å². The van der Waals surface area contributed by atoms with Gasteiger partial charge in [-0.2, -0.15) is 0 Å². The van der Waals surface area contributed by atoms with E-state index in [0.717, 1.165) is 6.42 Å². The SMILES string of the molecule is CC(C)(C)c1ccccc1C1=[C]([Zr](=[C](c2ccccc2)c2ccccc2)[CH]2c3ccccc3-c3ccccc32)CC=C1. The molecule has 7 rings (SSSR count). The quantitative estimate of drug-likeness (QED) is 0.184. The zero-order valence-corrected chi connectivity index (χ0v) is 27.1. The first-order valence-corrected chi connectivity index (χ1v) is 18.9. The zero-order valence-electron chi connectivity index (χ0n) is 24.6. The van der Waals surface area contributed by atoms with E-state index in [4.69, 9.17) is 0 Å². The van der Waals surface area contributed by atoms with Gasteiger partial charge in [0.15, 0.2) is 0 Å². The van der Waals surface area contributed by atoms with Gasteiger partial charge in [-0.1, -0.05) is 0 Å². The van der Waals surface area contributed by atoms with Gasteiger partial charge >= 0.3 is 260 Å². The van der Waals surface area contributed by atoms with Crippen LogP contribution in [0.1, 0.15) is 64.2 Å². The standard InChI is InChI=1S/C15H17.C13H9.C13H10.Zr/c1-15(2,3)14-11-7-6-10-13(14)12-8-4-5-9-12;1-3-7-12-10(5-1)9-11-6-2-4-8-13(11)12;1-3-7-12(8-4-1)11-13-9-5-2-6-10-13;/h4,6-8,10-11H,5H2,1-3H3;1-9H;1-10H;. The summed E-state index contributed by atoms with van der Waals surface area (Å²) in [7, 11) is 0. The molecule has 5 aromatic carbocycles. The third-order valence-electron chi connectivity index (χ3n) is 8.80. The summed E-state index contributed by atoms with van der Waals surface area (Å²) in [5.74, 6) is 0. The van der Waals surface area contributed by atoms with Crippen molar-refractivity contribution in [3.8, 4) is 11.1 Å². The first-order valence-electron chi connectivity index (χ1n) is 15.1. The molecule has 0 nitrogen and oxygen atoms in total. The molecule has 0 aliphatic heterocycles. The summed E-state index contributed by atoms with van der Waals surface area (Å²) in [4.78, 5) is 0. The van der Waals surface area contributed by atoms with Crippen molar-refractivity contribution in [2.75, 3.05) is 0 Å². The van der Waals surface area contributed by atoms with Crippen molar-refractivity contribution in [3.05, 3.63) is 182 Å². The molecular weight excluding hydrogens is 584 g/mol. The molecule has 0 atom stereocenters. The van der Waals surface area contributed by atoms with Crippen molar-refractivity contribution in [2.24, 2.45) is 0 Å². The van der Waals surface area contributed by atoms with Crippen molar-refractivity contribution in [2.45, 2.75) is 36.2 Å². The van der Waals surface area contributed by atoms with Gasteiger partial charge in [-0.05, 0) is 0 Å². The second kappa shape index (κ2) is 11.2. The van der Waals surface area contributed by atoms with Crippen LogP contribution in [0.25, 0.3) is 16.7 Å². The maximum atomic E-state index is 2.45. The second-order valence-electron chi connectivity index (χ2n) is 12.4. The van der Waals surface area contributed by atoms with E-state index in [2.05, 4.69) is 166 Å². The van der Waals surface area contributed by atoms with Gasteiger partial charge in [-0.3, -0.25) is 0 Å². The fourth-order valence-electron chi connectivity index (χ4n) is 7.01. The Morgan fingerprint density at radius 1 is 0.571 bits per heavy atom. The molecule has 1 heteroatoms. The fourth-order valence-corrected chi connectivity index (χ4v) is 16.5. The van der Waals surface area contributed by atoms with Gasteiger partial charge in [0, 0.05) is 0 Å². The molecule has 0 saturated heterocycles. The topological polar surface area (TPSA) is 0 Å². The average Bonchev–Trinajstić information content (AvgIpc) is 3.64. The van der Waals surface area contributed by atoms with E-state index in [9.17, 15) is 0 Å². The molecule has 0 amide bonds. The molecule has 0 aromatic heterocycles. The summed E-state index contributed by atoms with van der Waals surface area (Å²) in [6, 6.07) is 50.1. The van der Waals surface area contributed by atoms with Crippen LogP contribution in [0.3, 0.4) is 0 Å². The molecule has 0 saturated carbocycles. The van der Waals surface area contributed by atoms with Crippen LogP contribution >= 0.6 is 0 Å². The number of fused-ring (bicyclic) bond motifs is 3. The molecule has 0 N–H and O–H groups in total. The molecule has 42 heavy (non-hydrogen) atoms. The molecule has 204 valence electrons. The van der Waals surface area contributed by atoms with Crippen molar-refractivity contribution in [1.29, 1.82) is 0 Å². The van der Waals surface area contributed by atoms with Crippen molar-refractivity contribution in [3.63, 3.8) is 0 Å². The van der Waals surface area contributed by atoms with Gasteiger partial charge in [0.1, 0.15) is 0 Å². The van der Waals surface area contributed by atoms with E-state index in [1.165, 1.54) is 50.1 Å². The second-order valence-corrected chi connectivity index (χ2v) is 18.6. The number of allylic oxidation sites excluding steroid dienone is 4. The van der Waals surface area contributed by atoms with Gasteiger partial charge in [-0.15, -0.1) is 0 Å². The predicted molar refractivity (Wildman–Crippen MR) is 176 cm³/mol.